The minimum atomic E-state index is -0.187. The van der Waals surface area contributed by atoms with Crippen molar-refractivity contribution in [2.45, 2.75) is 0 Å². The predicted octanol–water partition coefficient (Wildman–Crippen LogP) is 3.74. The molecule has 3 rings (SSSR count). The molecular formula is C15H12N2OS. The molecule has 0 atom stereocenters. The lowest BCUT2D eigenvalue weighted by Gasteiger charge is -2.07. The highest BCUT2D eigenvalue weighted by Gasteiger charge is 2.09. The molecule has 19 heavy (non-hydrogen) atoms. The van der Waals surface area contributed by atoms with Crippen LogP contribution >= 0.6 is 11.3 Å². The monoisotopic (exact) mass is 268 g/mol. The highest BCUT2D eigenvalue weighted by molar-refractivity contribution is 7.17. The van der Waals surface area contributed by atoms with Crippen LogP contribution in [0.15, 0.2) is 53.9 Å². The molecule has 4 heteroatoms. The first kappa shape index (κ1) is 11.7. The van der Waals surface area contributed by atoms with E-state index in [4.69, 9.17) is 5.73 Å². The van der Waals surface area contributed by atoms with Crippen LogP contribution < -0.4 is 11.1 Å². The Labute approximate surface area is 114 Å². The Morgan fingerprint density at radius 3 is 2.79 bits per heavy atom. The van der Waals surface area contributed by atoms with Crippen LogP contribution in [0.4, 0.5) is 11.4 Å². The molecular weight excluding hydrogens is 256 g/mol. The summed E-state index contributed by atoms with van der Waals surface area (Å²) >= 11 is 1.68. The van der Waals surface area contributed by atoms with E-state index < -0.39 is 0 Å². The maximum atomic E-state index is 12.1. The van der Waals surface area contributed by atoms with Crippen LogP contribution in [0.3, 0.4) is 0 Å². The van der Waals surface area contributed by atoms with E-state index in [2.05, 4.69) is 5.32 Å². The third kappa shape index (κ3) is 2.30. The van der Waals surface area contributed by atoms with Gasteiger partial charge in [-0.15, -0.1) is 11.3 Å². The Morgan fingerprint density at radius 2 is 1.95 bits per heavy atom. The molecule has 0 aliphatic heterocycles. The number of para-hydroxylation sites is 1. The molecule has 1 amide bonds. The van der Waals surface area contributed by atoms with Gasteiger partial charge in [0.05, 0.1) is 5.56 Å². The first-order valence-corrected chi connectivity index (χ1v) is 6.75. The number of nitrogen functional groups attached to an aromatic ring is 1. The van der Waals surface area contributed by atoms with Crippen LogP contribution in [-0.2, 0) is 0 Å². The van der Waals surface area contributed by atoms with Crippen molar-refractivity contribution in [1.29, 1.82) is 0 Å². The molecule has 1 aromatic heterocycles. The fourth-order valence-electron chi connectivity index (χ4n) is 1.95. The predicted molar refractivity (Wildman–Crippen MR) is 80.6 cm³/mol. The molecule has 2 aromatic carbocycles. The standard InChI is InChI=1S/C15H12N2OS/c16-13-4-2-1-3-12(13)15(18)17-11-5-6-14-10(9-11)7-8-19-14/h1-9H,16H2,(H,17,18). The van der Waals surface area contributed by atoms with E-state index >= 15 is 0 Å². The number of nitrogens with two attached hydrogens (primary N) is 1. The number of carbonyl (C=O) groups excluding carboxylic acids is 1. The summed E-state index contributed by atoms with van der Waals surface area (Å²) in [4.78, 5) is 12.1. The molecule has 3 aromatic rings. The Bertz CT molecular complexity index is 748. The van der Waals surface area contributed by atoms with Gasteiger partial charge in [0.1, 0.15) is 0 Å². The number of hydrogen-bond acceptors (Lipinski definition) is 3. The third-order valence-electron chi connectivity index (χ3n) is 2.92. The minimum absolute atomic E-state index is 0.187. The zero-order chi connectivity index (χ0) is 13.2. The number of rotatable bonds is 2. The summed E-state index contributed by atoms with van der Waals surface area (Å²) in [6.07, 6.45) is 0. The summed E-state index contributed by atoms with van der Waals surface area (Å²) < 4.78 is 1.21. The lowest BCUT2D eigenvalue weighted by atomic mass is 10.1. The zero-order valence-corrected chi connectivity index (χ0v) is 10.9. The van der Waals surface area contributed by atoms with E-state index in [1.54, 1.807) is 29.5 Å². The van der Waals surface area contributed by atoms with Gasteiger partial charge >= 0.3 is 0 Å². The number of hydrogen-bond donors (Lipinski definition) is 2. The van der Waals surface area contributed by atoms with Crippen LogP contribution in [0, 0.1) is 0 Å². The van der Waals surface area contributed by atoms with Gasteiger partial charge in [-0.3, -0.25) is 4.79 Å². The van der Waals surface area contributed by atoms with Gasteiger partial charge in [-0.2, -0.15) is 0 Å². The quantitative estimate of drug-likeness (QED) is 0.696. The molecule has 3 N–H and O–H groups in total. The number of benzene rings is 2. The molecule has 0 radical (unpaired) electrons. The van der Waals surface area contributed by atoms with Gasteiger partial charge in [-0.1, -0.05) is 12.1 Å². The van der Waals surface area contributed by atoms with E-state index in [0.29, 0.717) is 11.3 Å². The lowest BCUT2D eigenvalue weighted by Crippen LogP contribution is -2.13. The highest BCUT2D eigenvalue weighted by atomic mass is 32.1. The maximum Gasteiger partial charge on any atom is 0.257 e. The number of anilines is 2. The molecule has 0 fully saturated rings. The number of thiophene rings is 1. The Morgan fingerprint density at radius 1 is 1.11 bits per heavy atom. The zero-order valence-electron chi connectivity index (χ0n) is 10.1. The number of nitrogens with one attached hydrogen (secondary N) is 1. The molecule has 0 bridgehead atoms. The highest BCUT2D eigenvalue weighted by Crippen LogP contribution is 2.24. The fourth-order valence-corrected chi connectivity index (χ4v) is 2.72. The van der Waals surface area contributed by atoms with Crippen molar-refractivity contribution in [2.75, 3.05) is 11.1 Å². The molecule has 3 nitrogen and oxygen atoms in total. The average molecular weight is 268 g/mol. The van der Waals surface area contributed by atoms with Gasteiger partial charge in [0, 0.05) is 16.1 Å². The van der Waals surface area contributed by atoms with Crippen molar-refractivity contribution in [3.05, 3.63) is 59.5 Å². The van der Waals surface area contributed by atoms with Crippen molar-refractivity contribution in [2.24, 2.45) is 0 Å². The fraction of sp³-hybridized carbons (Fsp3) is 0. The smallest absolute Gasteiger partial charge is 0.257 e. The lowest BCUT2D eigenvalue weighted by molar-refractivity contribution is 0.102. The number of carbonyl (C=O) groups is 1. The van der Waals surface area contributed by atoms with Crippen LogP contribution in [0.5, 0.6) is 0 Å². The van der Waals surface area contributed by atoms with E-state index in [1.807, 2.05) is 35.7 Å². The minimum Gasteiger partial charge on any atom is -0.398 e. The molecule has 0 aliphatic carbocycles. The van der Waals surface area contributed by atoms with Crippen LogP contribution in [0.25, 0.3) is 10.1 Å². The van der Waals surface area contributed by atoms with Crippen LogP contribution in [-0.4, -0.2) is 5.91 Å². The first-order chi connectivity index (χ1) is 9.24. The largest absolute Gasteiger partial charge is 0.398 e. The average Bonchev–Trinajstić information content (AvgIpc) is 2.86. The third-order valence-corrected chi connectivity index (χ3v) is 3.81. The van der Waals surface area contributed by atoms with Crippen LogP contribution in [0.1, 0.15) is 10.4 Å². The summed E-state index contributed by atoms with van der Waals surface area (Å²) in [6, 6.07) is 14.9. The van der Waals surface area contributed by atoms with Crippen molar-refractivity contribution < 1.29 is 4.79 Å². The summed E-state index contributed by atoms with van der Waals surface area (Å²) in [6.45, 7) is 0. The van der Waals surface area contributed by atoms with E-state index in [9.17, 15) is 4.79 Å². The topological polar surface area (TPSA) is 55.1 Å². The SMILES string of the molecule is Nc1ccccc1C(=O)Nc1ccc2sccc2c1. The molecule has 0 aliphatic rings. The molecule has 94 valence electrons. The van der Waals surface area contributed by atoms with Crippen molar-refractivity contribution in [3.8, 4) is 0 Å². The summed E-state index contributed by atoms with van der Waals surface area (Å²) in [7, 11) is 0. The van der Waals surface area contributed by atoms with Gasteiger partial charge in [0.2, 0.25) is 0 Å². The van der Waals surface area contributed by atoms with Gasteiger partial charge < -0.3 is 11.1 Å². The van der Waals surface area contributed by atoms with E-state index in [1.165, 1.54) is 4.70 Å². The molecule has 0 saturated heterocycles. The summed E-state index contributed by atoms with van der Waals surface area (Å²) in [5.41, 5.74) is 7.54. The van der Waals surface area contributed by atoms with Gasteiger partial charge in [-0.05, 0) is 47.2 Å². The maximum absolute atomic E-state index is 12.1. The molecule has 1 heterocycles. The second kappa shape index (κ2) is 4.74. The van der Waals surface area contributed by atoms with Crippen LogP contribution in [0.2, 0.25) is 0 Å². The van der Waals surface area contributed by atoms with Crippen molar-refractivity contribution in [1.82, 2.24) is 0 Å². The molecule has 0 saturated carbocycles. The molecule has 0 unspecified atom stereocenters. The van der Waals surface area contributed by atoms with Crippen molar-refractivity contribution >= 4 is 38.7 Å². The van der Waals surface area contributed by atoms with Crippen molar-refractivity contribution in [3.63, 3.8) is 0 Å². The summed E-state index contributed by atoms with van der Waals surface area (Å²) in [5.74, 6) is -0.187. The Balaban J connectivity index is 1.88. The Hall–Kier alpha value is -2.33. The van der Waals surface area contributed by atoms with E-state index in [-0.39, 0.29) is 5.91 Å². The van der Waals surface area contributed by atoms with Gasteiger partial charge in [0.15, 0.2) is 0 Å². The second-order valence-electron chi connectivity index (χ2n) is 4.21. The summed E-state index contributed by atoms with van der Waals surface area (Å²) in [5, 5.41) is 6.03. The Kier molecular flexibility index (Phi) is 2.93. The van der Waals surface area contributed by atoms with Gasteiger partial charge in [0.25, 0.3) is 5.91 Å². The number of fused-ring (bicyclic) bond motifs is 1. The number of amides is 1. The van der Waals surface area contributed by atoms with E-state index in [0.717, 1.165) is 11.1 Å². The molecule has 0 spiro atoms. The first-order valence-electron chi connectivity index (χ1n) is 5.87. The second-order valence-corrected chi connectivity index (χ2v) is 5.16. The normalized spacial score (nSPS) is 10.5. The van der Waals surface area contributed by atoms with Gasteiger partial charge in [-0.25, -0.2) is 0 Å².